The number of hydrogen-bond acceptors (Lipinski definition) is 4. The van der Waals surface area contributed by atoms with Crippen molar-refractivity contribution in [3.63, 3.8) is 0 Å². The lowest BCUT2D eigenvalue weighted by atomic mass is 10.2. The molecule has 1 heterocycles. The maximum atomic E-state index is 10.7. The largest absolute Gasteiger partial charge is 0.478 e. The van der Waals surface area contributed by atoms with Crippen LogP contribution in [0.2, 0.25) is 0 Å². The van der Waals surface area contributed by atoms with E-state index in [2.05, 4.69) is 10.3 Å². The fraction of sp³-hybridized carbons (Fsp3) is 0.273. The first kappa shape index (κ1) is 10.6. The highest BCUT2D eigenvalue weighted by molar-refractivity contribution is 5.91. The second kappa shape index (κ2) is 4.32. The van der Waals surface area contributed by atoms with E-state index < -0.39 is 5.97 Å². The molecule has 0 saturated heterocycles. The van der Waals surface area contributed by atoms with Gasteiger partial charge >= 0.3 is 5.97 Å². The standard InChI is InChI=1S/C11H12N2O3/c1-2-12-6-10-13-8-4-3-7(11(14)15)5-9(8)16-10/h3-5,12H,2,6H2,1H3,(H,14,15). The summed E-state index contributed by atoms with van der Waals surface area (Å²) >= 11 is 0. The Hall–Kier alpha value is -1.88. The maximum Gasteiger partial charge on any atom is 0.335 e. The number of aromatic nitrogens is 1. The number of benzene rings is 1. The molecule has 0 spiro atoms. The van der Waals surface area contributed by atoms with Gasteiger partial charge < -0.3 is 14.8 Å². The van der Waals surface area contributed by atoms with Gasteiger partial charge in [0.2, 0.25) is 5.89 Å². The van der Waals surface area contributed by atoms with E-state index in [1.54, 1.807) is 6.07 Å². The van der Waals surface area contributed by atoms with Gasteiger partial charge in [0, 0.05) is 0 Å². The van der Waals surface area contributed by atoms with Gasteiger partial charge in [-0.25, -0.2) is 9.78 Å². The molecule has 0 aliphatic rings. The Balaban J connectivity index is 2.34. The number of oxazole rings is 1. The molecule has 2 aromatic rings. The van der Waals surface area contributed by atoms with Crippen molar-refractivity contribution < 1.29 is 14.3 Å². The van der Waals surface area contributed by atoms with E-state index in [1.807, 2.05) is 6.92 Å². The van der Waals surface area contributed by atoms with Crippen LogP contribution in [0.1, 0.15) is 23.2 Å². The zero-order chi connectivity index (χ0) is 11.5. The van der Waals surface area contributed by atoms with Gasteiger partial charge in [-0.15, -0.1) is 0 Å². The molecule has 0 radical (unpaired) electrons. The molecule has 2 N–H and O–H groups in total. The van der Waals surface area contributed by atoms with Gasteiger partial charge in [0.1, 0.15) is 5.52 Å². The average Bonchev–Trinajstić information content (AvgIpc) is 2.67. The van der Waals surface area contributed by atoms with Gasteiger partial charge in [-0.2, -0.15) is 0 Å². The summed E-state index contributed by atoms with van der Waals surface area (Å²) in [4.78, 5) is 15.0. The molecule has 5 heteroatoms. The van der Waals surface area contributed by atoms with Crippen molar-refractivity contribution in [1.82, 2.24) is 10.3 Å². The van der Waals surface area contributed by atoms with Crippen LogP contribution in [-0.4, -0.2) is 22.6 Å². The van der Waals surface area contributed by atoms with E-state index in [0.717, 1.165) is 6.54 Å². The average molecular weight is 220 g/mol. The van der Waals surface area contributed by atoms with Gasteiger partial charge in [0.05, 0.1) is 12.1 Å². The van der Waals surface area contributed by atoms with E-state index in [-0.39, 0.29) is 5.56 Å². The number of rotatable bonds is 4. The summed E-state index contributed by atoms with van der Waals surface area (Å²) < 4.78 is 5.42. The number of carbonyl (C=O) groups is 1. The van der Waals surface area contributed by atoms with Gasteiger partial charge in [-0.05, 0) is 24.7 Å². The van der Waals surface area contributed by atoms with Crippen LogP contribution in [0.3, 0.4) is 0 Å². The highest BCUT2D eigenvalue weighted by Crippen LogP contribution is 2.17. The number of carboxylic acid groups (broad SMARTS) is 1. The van der Waals surface area contributed by atoms with Crippen LogP contribution in [0.15, 0.2) is 22.6 Å². The molecule has 1 aromatic heterocycles. The van der Waals surface area contributed by atoms with E-state index in [1.165, 1.54) is 12.1 Å². The van der Waals surface area contributed by atoms with E-state index >= 15 is 0 Å². The number of nitrogens with zero attached hydrogens (tertiary/aromatic N) is 1. The Kier molecular flexibility index (Phi) is 2.87. The van der Waals surface area contributed by atoms with Crippen molar-refractivity contribution in [1.29, 1.82) is 0 Å². The lowest BCUT2D eigenvalue weighted by Crippen LogP contribution is -2.11. The molecule has 1 aromatic carbocycles. The number of fused-ring (bicyclic) bond motifs is 1. The van der Waals surface area contributed by atoms with Crippen LogP contribution < -0.4 is 5.32 Å². The zero-order valence-corrected chi connectivity index (χ0v) is 8.86. The normalized spacial score (nSPS) is 10.8. The van der Waals surface area contributed by atoms with E-state index in [4.69, 9.17) is 9.52 Å². The Morgan fingerprint density at radius 2 is 2.38 bits per heavy atom. The molecule has 0 atom stereocenters. The summed E-state index contributed by atoms with van der Waals surface area (Å²) in [6, 6.07) is 4.65. The molecule has 0 fully saturated rings. The second-order valence-electron chi connectivity index (χ2n) is 3.38. The van der Waals surface area contributed by atoms with E-state index in [0.29, 0.717) is 23.5 Å². The SMILES string of the molecule is CCNCc1nc2ccc(C(=O)O)cc2o1. The minimum absolute atomic E-state index is 0.207. The van der Waals surface area contributed by atoms with Crippen LogP contribution in [0.4, 0.5) is 0 Å². The summed E-state index contributed by atoms with van der Waals surface area (Å²) in [7, 11) is 0. The van der Waals surface area contributed by atoms with Gasteiger partial charge in [0.25, 0.3) is 0 Å². The molecular weight excluding hydrogens is 208 g/mol. The topological polar surface area (TPSA) is 75.4 Å². The summed E-state index contributed by atoms with van der Waals surface area (Å²) in [6.45, 7) is 3.37. The number of carboxylic acids is 1. The molecule has 0 aliphatic carbocycles. The first-order valence-corrected chi connectivity index (χ1v) is 5.04. The minimum Gasteiger partial charge on any atom is -0.478 e. The molecule has 2 rings (SSSR count). The van der Waals surface area contributed by atoms with Crippen molar-refractivity contribution in [3.05, 3.63) is 29.7 Å². The highest BCUT2D eigenvalue weighted by atomic mass is 16.4. The predicted octanol–water partition coefficient (Wildman–Crippen LogP) is 1.64. The molecule has 5 nitrogen and oxygen atoms in total. The Bertz CT molecular complexity index is 519. The molecule has 0 aliphatic heterocycles. The van der Waals surface area contributed by atoms with Crippen LogP contribution in [-0.2, 0) is 6.54 Å². The predicted molar refractivity (Wildman–Crippen MR) is 58.3 cm³/mol. The molecule has 84 valence electrons. The van der Waals surface area contributed by atoms with Crippen LogP contribution in [0.25, 0.3) is 11.1 Å². The van der Waals surface area contributed by atoms with Crippen molar-refractivity contribution >= 4 is 17.1 Å². The number of hydrogen-bond donors (Lipinski definition) is 2. The zero-order valence-electron chi connectivity index (χ0n) is 8.86. The minimum atomic E-state index is -0.966. The smallest absolute Gasteiger partial charge is 0.335 e. The fourth-order valence-electron chi connectivity index (χ4n) is 1.41. The lowest BCUT2D eigenvalue weighted by molar-refractivity contribution is 0.0697. The molecule has 0 saturated carbocycles. The quantitative estimate of drug-likeness (QED) is 0.819. The highest BCUT2D eigenvalue weighted by Gasteiger charge is 2.08. The summed E-state index contributed by atoms with van der Waals surface area (Å²) in [5, 5.41) is 11.9. The molecular formula is C11H12N2O3. The van der Waals surface area contributed by atoms with Crippen LogP contribution >= 0.6 is 0 Å². The molecule has 0 bridgehead atoms. The molecule has 0 unspecified atom stereocenters. The lowest BCUT2D eigenvalue weighted by Gasteiger charge is -1.93. The van der Waals surface area contributed by atoms with Gasteiger partial charge in [0.15, 0.2) is 5.58 Å². The third kappa shape index (κ3) is 2.04. The van der Waals surface area contributed by atoms with Crippen LogP contribution in [0.5, 0.6) is 0 Å². The Morgan fingerprint density at radius 3 is 3.06 bits per heavy atom. The van der Waals surface area contributed by atoms with Crippen LogP contribution in [0, 0.1) is 0 Å². The third-order valence-corrected chi connectivity index (χ3v) is 2.21. The summed E-state index contributed by atoms with van der Waals surface area (Å²) in [5.41, 5.74) is 1.39. The molecule has 16 heavy (non-hydrogen) atoms. The fourth-order valence-corrected chi connectivity index (χ4v) is 1.41. The Labute approximate surface area is 92.1 Å². The van der Waals surface area contributed by atoms with Crippen molar-refractivity contribution in [2.75, 3.05) is 6.54 Å². The van der Waals surface area contributed by atoms with Gasteiger partial charge in [-0.3, -0.25) is 0 Å². The first-order valence-electron chi connectivity index (χ1n) is 5.04. The Morgan fingerprint density at radius 1 is 1.56 bits per heavy atom. The van der Waals surface area contributed by atoms with Crippen molar-refractivity contribution in [2.45, 2.75) is 13.5 Å². The summed E-state index contributed by atoms with van der Waals surface area (Å²) in [5.74, 6) is -0.397. The monoisotopic (exact) mass is 220 g/mol. The summed E-state index contributed by atoms with van der Waals surface area (Å²) in [6.07, 6.45) is 0. The maximum absolute atomic E-state index is 10.7. The second-order valence-corrected chi connectivity index (χ2v) is 3.38. The van der Waals surface area contributed by atoms with E-state index in [9.17, 15) is 4.79 Å². The third-order valence-electron chi connectivity index (χ3n) is 2.21. The number of nitrogens with one attached hydrogen (secondary N) is 1. The number of aromatic carboxylic acids is 1. The first-order chi connectivity index (χ1) is 7.70. The van der Waals surface area contributed by atoms with Crippen molar-refractivity contribution in [2.24, 2.45) is 0 Å². The van der Waals surface area contributed by atoms with Gasteiger partial charge in [-0.1, -0.05) is 6.92 Å². The van der Waals surface area contributed by atoms with Crippen molar-refractivity contribution in [3.8, 4) is 0 Å². The molecule has 0 amide bonds.